The quantitative estimate of drug-likeness (QED) is 0.328. The predicted octanol–water partition coefficient (Wildman–Crippen LogP) is -3.26. The van der Waals surface area contributed by atoms with E-state index < -0.39 is 14.5 Å². The van der Waals surface area contributed by atoms with Gasteiger partial charge in [-0.15, -0.1) is 0 Å². The fourth-order valence-electron chi connectivity index (χ4n) is 0. The third-order valence-electron chi connectivity index (χ3n) is 0. The van der Waals surface area contributed by atoms with Gasteiger partial charge in [-0.3, -0.25) is 0 Å². The Kier molecular flexibility index (Phi) is 7.98. The van der Waals surface area contributed by atoms with Gasteiger partial charge in [0.05, 0.1) is 0 Å². The van der Waals surface area contributed by atoms with E-state index in [0.29, 0.717) is 0 Å². The summed E-state index contributed by atoms with van der Waals surface area (Å²) in [7, 11) is 0. The molecule has 0 aliphatic heterocycles. The van der Waals surface area contributed by atoms with Gasteiger partial charge in [0.1, 0.15) is 0 Å². The molecule has 0 saturated carbocycles. The zero-order valence-electron chi connectivity index (χ0n) is 2.34. The van der Waals surface area contributed by atoms with E-state index in [-0.39, 0.29) is 10.1 Å². The summed E-state index contributed by atoms with van der Waals surface area (Å²) in [6.45, 7) is 0. The van der Waals surface area contributed by atoms with Crippen LogP contribution in [-0.4, -0.2) is 24.6 Å². The predicted molar refractivity (Wildman–Crippen MR) is 12.2 cm³/mol. The van der Waals surface area contributed by atoms with Crippen LogP contribution in [0.5, 0.6) is 0 Å². The molecule has 0 unspecified atom stereocenters. The SMILES string of the molecule is O=[Se]([O-])[O-].[Be+2]. The minimum absolute atomic E-state index is 0. The van der Waals surface area contributed by atoms with Crippen LogP contribution in [0.2, 0.25) is 0 Å². The first-order chi connectivity index (χ1) is 1.73. The van der Waals surface area contributed by atoms with E-state index in [9.17, 15) is 0 Å². The van der Waals surface area contributed by atoms with Crippen molar-refractivity contribution in [2.45, 2.75) is 0 Å². The summed E-state index contributed by atoms with van der Waals surface area (Å²) in [6, 6.07) is 0. The molecular formula is BeO3Se. The van der Waals surface area contributed by atoms with Gasteiger partial charge in [-0.05, 0) is 0 Å². The Hall–Kier alpha value is 0.408. The molecule has 0 heterocycles. The first kappa shape index (κ1) is 9.05. The van der Waals surface area contributed by atoms with Gasteiger partial charge >= 0.3 is 36.8 Å². The van der Waals surface area contributed by atoms with Crippen LogP contribution in [-0.2, 0) is 3.83 Å². The zero-order chi connectivity index (χ0) is 3.58. The van der Waals surface area contributed by atoms with Crippen LogP contribution in [0, 0.1) is 0 Å². The molecule has 0 atom stereocenters. The molecule has 0 spiro atoms. The first-order valence-corrected chi connectivity index (χ1v) is 2.60. The summed E-state index contributed by atoms with van der Waals surface area (Å²) in [4.78, 5) is 0. The van der Waals surface area contributed by atoms with Crippen molar-refractivity contribution >= 4 is 24.6 Å². The Morgan fingerprint density at radius 1 is 1.40 bits per heavy atom. The van der Waals surface area contributed by atoms with Gasteiger partial charge in [0.15, 0.2) is 0 Å². The molecule has 0 aromatic rings. The molecule has 0 aromatic carbocycles. The Balaban J connectivity index is 0. The monoisotopic (exact) mass is 137 g/mol. The Labute approximate surface area is 37.6 Å². The topological polar surface area (TPSA) is 63.2 Å². The molecule has 0 aromatic heterocycles. The molecule has 3 nitrogen and oxygen atoms in total. The van der Waals surface area contributed by atoms with Crippen molar-refractivity contribution in [2.24, 2.45) is 0 Å². The molecule has 0 fully saturated rings. The van der Waals surface area contributed by atoms with Gasteiger partial charge in [-0.1, -0.05) is 0 Å². The van der Waals surface area contributed by atoms with Crippen molar-refractivity contribution in [1.82, 2.24) is 0 Å². The van der Waals surface area contributed by atoms with Gasteiger partial charge in [0, 0.05) is 0 Å². The van der Waals surface area contributed by atoms with E-state index in [1.54, 1.807) is 0 Å². The molecule has 0 aliphatic carbocycles. The van der Waals surface area contributed by atoms with E-state index in [0.717, 1.165) is 0 Å². The third-order valence-corrected chi connectivity index (χ3v) is 0. The molecule has 0 amide bonds. The average Bonchev–Trinajstić information content (AvgIpc) is 0.811. The van der Waals surface area contributed by atoms with Crippen LogP contribution in [0.1, 0.15) is 0 Å². The summed E-state index contributed by atoms with van der Waals surface area (Å²) in [6.07, 6.45) is 0. The first-order valence-electron chi connectivity index (χ1n) is 0.500. The van der Waals surface area contributed by atoms with Crippen LogP contribution < -0.4 is 8.38 Å². The molecule has 26 valence electrons. The summed E-state index contributed by atoms with van der Waals surface area (Å²) < 4.78 is 25.6. The largest absolute Gasteiger partial charge is 2.00 e. The number of rotatable bonds is 0. The van der Waals surface area contributed by atoms with Crippen molar-refractivity contribution in [2.75, 3.05) is 0 Å². The number of hydrogen-bond acceptors (Lipinski definition) is 3. The Morgan fingerprint density at radius 3 is 1.40 bits per heavy atom. The smallest absolute Gasteiger partial charge is 2.00 e. The maximum Gasteiger partial charge on any atom is 2.00 e. The van der Waals surface area contributed by atoms with Crippen LogP contribution in [0.3, 0.4) is 0 Å². The Bertz CT molecular complexity index is 29.9. The normalized spacial score (nSPS) is 7.00. The van der Waals surface area contributed by atoms with Gasteiger partial charge in [0.25, 0.3) is 0 Å². The van der Waals surface area contributed by atoms with Crippen molar-refractivity contribution in [3.8, 4) is 0 Å². The molecule has 5 heteroatoms. The second kappa shape index (κ2) is 4.41. The van der Waals surface area contributed by atoms with Gasteiger partial charge in [0.2, 0.25) is 0 Å². The van der Waals surface area contributed by atoms with Crippen LogP contribution in [0.4, 0.5) is 0 Å². The van der Waals surface area contributed by atoms with Crippen molar-refractivity contribution in [3.63, 3.8) is 0 Å². The molecule has 0 saturated heterocycles. The molecule has 0 aliphatic rings. The molecule has 0 bridgehead atoms. The van der Waals surface area contributed by atoms with E-state index in [1.165, 1.54) is 0 Å². The Morgan fingerprint density at radius 2 is 1.40 bits per heavy atom. The van der Waals surface area contributed by atoms with Crippen LogP contribution >= 0.6 is 0 Å². The van der Waals surface area contributed by atoms with Crippen molar-refractivity contribution in [3.05, 3.63) is 0 Å². The third kappa shape index (κ3) is 153. The standard InChI is InChI=1S/Be.H2O3Se/c;1-4(2)3/h;(H2,1,2,3)/q+2;/p-2. The zero-order valence-corrected chi connectivity index (χ0v) is 4.05. The van der Waals surface area contributed by atoms with E-state index in [1.807, 2.05) is 0 Å². The second-order valence-corrected chi connectivity index (χ2v) is 1.06. The molecule has 0 rings (SSSR count). The summed E-state index contributed by atoms with van der Waals surface area (Å²) in [5, 5.41) is 0. The minimum Gasteiger partial charge on any atom is 2.00 e. The average molecular weight is 136 g/mol. The van der Waals surface area contributed by atoms with Crippen LogP contribution in [0.15, 0.2) is 0 Å². The molecule has 5 heavy (non-hydrogen) atoms. The number of hydrogen-bond donors (Lipinski definition) is 0. The second-order valence-electron chi connectivity index (χ2n) is 0.204. The molecule has 0 N–H and O–H groups in total. The minimum atomic E-state index is -3.79. The van der Waals surface area contributed by atoms with Crippen molar-refractivity contribution < 1.29 is 12.2 Å². The summed E-state index contributed by atoms with van der Waals surface area (Å²) in [5.74, 6) is 0. The van der Waals surface area contributed by atoms with Gasteiger partial charge in [-0.2, -0.15) is 0 Å². The fraction of sp³-hybridized carbons (Fsp3) is 0. The maximum absolute atomic E-state index is 8.54. The summed E-state index contributed by atoms with van der Waals surface area (Å²) >= 11 is -3.79. The van der Waals surface area contributed by atoms with E-state index >= 15 is 0 Å². The fourth-order valence-corrected chi connectivity index (χ4v) is 0. The molecular weight excluding hydrogens is 136 g/mol. The molecule has 0 radical (unpaired) electrons. The van der Waals surface area contributed by atoms with Crippen LogP contribution in [0.25, 0.3) is 0 Å². The van der Waals surface area contributed by atoms with Crippen molar-refractivity contribution in [1.29, 1.82) is 0 Å². The van der Waals surface area contributed by atoms with Gasteiger partial charge < -0.3 is 0 Å². The van der Waals surface area contributed by atoms with Gasteiger partial charge in [-0.25, -0.2) is 0 Å². The van der Waals surface area contributed by atoms with E-state index in [4.69, 9.17) is 12.2 Å². The maximum atomic E-state index is 8.54. The summed E-state index contributed by atoms with van der Waals surface area (Å²) in [5.41, 5.74) is 0. The van der Waals surface area contributed by atoms with E-state index in [2.05, 4.69) is 0 Å².